The summed E-state index contributed by atoms with van der Waals surface area (Å²) in [5, 5.41) is 3.50. The number of nitrogens with zero attached hydrogens (tertiary/aromatic N) is 2. The predicted molar refractivity (Wildman–Crippen MR) is 91.1 cm³/mol. The molecule has 0 saturated heterocycles. The van der Waals surface area contributed by atoms with Gasteiger partial charge in [0.15, 0.2) is 0 Å². The van der Waals surface area contributed by atoms with Crippen molar-refractivity contribution in [2.45, 2.75) is 52.0 Å². The average Bonchev–Trinajstić information content (AvgIpc) is 2.54. The molecule has 1 N–H and O–H groups in total. The molecular weight excluding hydrogens is 274 g/mol. The Hall–Kier alpha value is -1.58. The summed E-state index contributed by atoms with van der Waals surface area (Å²) in [6.45, 7) is 4.58. The van der Waals surface area contributed by atoms with E-state index in [2.05, 4.69) is 24.1 Å². The summed E-state index contributed by atoms with van der Waals surface area (Å²) in [6, 6.07) is 4.14. The highest BCUT2D eigenvalue weighted by Gasteiger charge is 2.24. The normalized spacial score (nSPS) is 18.5. The van der Waals surface area contributed by atoms with Crippen LogP contribution in [-0.4, -0.2) is 35.9 Å². The minimum atomic E-state index is -0.0114. The second-order valence-corrected chi connectivity index (χ2v) is 6.82. The van der Waals surface area contributed by atoms with Gasteiger partial charge in [-0.1, -0.05) is 39.0 Å². The molecule has 0 radical (unpaired) electrons. The van der Waals surface area contributed by atoms with E-state index in [1.54, 1.807) is 25.2 Å². The van der Waals surface area contributed by atoms with Gasteiger partial charge in [-0.05, 0) is 30.9 Å². The standard InChI is InChI=1S/C18H29N3O/c1-13(15-8-6-5-7-9-15)14(2)20-17-11-10-16(12-19-17)18(22)21(3)4/h10-15H,5-9H2,1-4H3,(H,19,20). The molecule has 1 heterocycles. The van der Waals surface area contributed by atoms with Crippen molar-refractivity contribution in [2.24, 2.45) is 11.8 Å². The van der Waals surface area contributed by atoms with Crippen LogP contribution in [0.15, 0.2) is 18.3 Å². The van der Waals surface area contributed by atoms with Gasteiger partial charge in [-0.15, -0.1) is 0 Å². The first-order chi connectivity index (χ1) is 10.5. The van der Waals surface area contributed by atoms with E-state index in [-0.39, 0.29) is 5.91 Å². The van der Waals surface area contributed by atoms with Crippen LogP contribution in [0.4, 0.5) is 5.82 Å². The first kappa shape index (κ1) is 16.8. The molecule has 1 aromatic heterocycles. The number of pyridine rings is 1. The van der Waals surface area contributed by atoms with Crippen LogP contribution in [0.5, 0.6) is 0 Å². The fraction of sp³-hybridized carbons (Fsp3) is 0.667. The Morgan fingerprint density at radius 3 is 2.45 bits per heavy atom. The van der Waals surface area contributed by atoms with Crippen molar-refractivity contribution in [3.05, 3.63) is 23.9 Å². The Kier molecular flexibility index (Phi) is 5.81. The van der Waals surface area contributed by atoms with Crippen molar-refractivity contribution in [1.82, 2.24) is 9.88 Å². The first-order valence-electron chi connectivity index (χ1n) is 8.43. The molecular formula is C18H29N3O. The zero-order chi connectivity index (χ0) is 16.1. The van der Waals surface area contributed by atoms with Crippen molar-refractivity contribution in [3.8, 4) is 0 Å². The molecule has 0 aromatic carbocycles. The largest absolute Gasteiger partial charge is 0.367 e. The Morgan fingerprint density at radius 2 is 1.91 bits per heavy atom. The van der Waals surface area contributed by atoms with E-state index >= 15 is 0 Å². The van der Waals surface area contributed by atoms with Gasteiger partial charge in [-0.3, -0.25) is 4.79 Å². The first-order valence-corrected chi connectivity index (χ1v) is 8.43. The van der Waals surface area contributed by atoms with Gasteiger partial charge in [0.1, 0.15) is 5.82 Å². The van der Waals surface area contributed by atoms with Gasteiger partial charge >= 0.3 is 0 Å². The SMILES string of the molecule is CC(Nc1ccc(C(=O)N(C)C)cn1)C(C)C1CCCCC1. The van der Waals surface area contributed by atoms with E-state index in [9.17, 15) is 4.79 Å². The van der Waals surface area contributed by atoms with Crippen molar-refractivity contribution in [2.75, 3.05) is 19.4 Å². The minimum absolute atomic E-state index is 0.0114. The molecule has 2 rings (SSSR count). The lowest BCUT2D eigenvalue weighted by molar-refractivity contribution is 0.0827. The molecule has 1 saturated carbocycles. The van der Waals surface area contributed by atoms with Crippen LogP contribution in [0, 0.1) is 11.8 Å². The Morgan fingerprint density at radius 1 is 1.23 bits per heavy atom. The van der Waals surface area contributed by atoms with Crippen LogP contribution in [0.3, 0.4) is 0 Å². The Labute approximate surface area is 134 Å². The molecule has 4 heteroatoms. The third-order valence-electron chi connectivity index (χ3n) is 4.97. The molecule has 22 heavy (non-hydrogen) atoms. The monoisotopic (exact) mass is 303 g/mol. The van der Waals surface area contributed by atoms with E-state index in [0.29, 0.717) is 17.5 Å². The number of nitrogens with one attached hydrogen (secondary N) is 1. The van der Waals surface area contributed by atoms with Crippen LogP contribution in [-0.2, 0) is 0 Å². The predicted octanol–water partition coefficient (Wildman–Crippen LogP) is 3.80. The van der Waals surface area contributed by atoms with Crippen LogP contribution >= 0.6 is 0 Å². The smallest absolute Gasteiger partial charge is 0.254 e. The highest BCUT2D eigenvalue weighted by atomic mass is 16.2. The van der Waals surface area contributed by atoms with E-state index in [4.69, 9.17) is 0 Å². The number of anilines is 1. The maximum Gasteiger partial charge on any atom is 0.254 e. The fourth-order valence-corrected chi connectivity index (χ4v) is 3.30. The quantitative estimate of drug-likeness (QED) is 0.900. The molecule has 0 aliphatic heterocycles. The van der Waals surface area contributed by atoms with Gasteiger partial charge in [0.2, 0.25) is 0 Å². The number of carbonyl (C=O) groups is 1. The molecule has 122 valence electrons. The van der Waals surface area contributed by atoms with E-state index in [1.165, 1.54) is 32.1 Å². The van der Waals surface area contributed by atoms with Crippen LogP contribution in [0.1, 0.15) is 56.3 Å². The topological polar surface area (TPSA) is 45.2 Å². The number of amides is 1. The lowest BCUT2D eigenvalue weighted by Gasteiger charge is -2.32. The lowest BCUT2D eigenvalue weighted by Crippen LogP contribution is -2.31. The zero-order valence-corrected chi connectivity index (χ0v) is 14.3. The fourth-order valence-electron chi connectivity index (χ4n) is 3.30. The highest BCUT2D eigenvalue weighted by Crippen LogP contribution is 2.32. The lowest BCUT2D eigenvalue weighted by atomic mass is 9.78. The van der Waals surface area contributed by atoms with Gasteiger partial charge < -0.3 is 10.2 Å². The maximum absolute atomic E-state index is 11.9. The zero-order valence-electron chi connectivity index (χ0n) is 14.3. The Balaban J connectivity index is 1.93. The molecule has 1 aromatic rings. The van der Waals surface area contributed by atoms with Crippen LogP contribution < -0.4 is 5.32 Å². The van der Waals surface area contributed by atoms with Crippen molar-refractivity contribution in [3.63, 3.8) is 0 Å². The van der Waals surface area contributed by atoms with Gasteiger partial charge in [0.05, 0.1) is 5.56 Å². The summed E-state index contributed by atoms with van der Waals surface area (Å²) in [5.74, 6) is 2.31. The van der Waals surface area contributed by atoms with Crippen molar-refractivity contribution < 1.29 is 4.79 Å². The minimum Gasteiger partial charge on any atom is -0.367 e. The average molecular weight is 303 g/mol. The van der Waals surface area contributed by atoms with Gasteiger partial charge in [-0.25, -0.2) is 4.98 Å². The highest BCUT2D eigenvalue weighted by molar-refractivity contribution is 5.93. The summed E-state index contributed by atoms with van der Waals surface area (Å²) < 4.78 is 0. The number of hydrogen-bond acceptors (Lipinski definition) is 3. The molecule has 0 bridgehead atoms. The van der Waals surface area contributed by atoms with E-state index in [0.717, 1.165) is 11.7 Å². The summed E-state index contributed by atoms with van der Waals surface area (Å²) in [7, 11) is 3.50. The number of aromatic nitrogens is 1. The number of hydrogen-bond donors (Lipinski definition) is 1. The molecule has 2 atom stereocenters. The van der Waals surface area contributed by atoms with Crippen LogP contribution in [0.2, 0.25) is 0 Å². The summed E-state index contributed by atoms with van der Waals surface area (Å²) in [4.78, 5) is 17.8. The summed E-state index contributed by atoms with van der Waals surface area (Å²) in [5.41, 5.74) is 0.628. The number of rotatable bonds is 5. The Bertz CT molecular complexity index is 478. The second-order valence-electron chi connectivity index (χ2n) is 6.82. The van der Waals surface area contributed by atoms with Gasteiger partial charge in [0.25, 0.3) is 5.91 Å². The summed E-state index contributed by atoms with van der Waals surface area (Å²) >= 11 is 0. The third-order valence-corrected chi connectivity index (χ3v) is 4.97. The van der Waals surface area contributed by atoms with Crippen molar-refractivity contribution >= 4 is 11.7 Å². The van der Waals surface area contributed by atoms with Gasteiger partial charge in [-0.2, -0.15) is 0 Å². The van der Waals surface area contributed by atoms with Crippen LogP contribution in [0.25, 0.3) is 0 Å². The molecule has 1 fully saturated rings. The molecule has 0 spiro atoms. The second kappa shape index (κ2) is 7.61. The van der Waals surface area contributed by atoms with Crippen molar-refractivity contribution in [1.29, 1.82) is 0 Å². The summed E-state index contributed by atoms with van der Waals surface area (Å²) in [6.07, 6.45) is 8.52. The third kappa shape index (κ3) is 4.21. The molecule has 1 aliphatic carbocycles. The molecule has 1 aliphatic rings. The van der Waals surface area contributed by atoms with Gasteiger partial charge in [0, 0.05) is 26.3 Å². The molecule has 4 nitrogen and oxygen atoms in total. The number of carbonyl (C=O) groups excluding carboxylic acids is 1. The van der Waals surface area contributed by atoms with E-state index < -0.39 is 0 Å². The maximum atomic E-state index is 11.9. The molecule has 2 unspecified atom stereocenters. The van der Waals surface area contributed by atoms with E-state index in [1.807, 2.05) is 12.1 Å². The molecule has 1 amide bonds.